The van der Waals surface area contributed by atoms with Crippen LogP contribution < -0.4 is 4.74 Å². The molecule has 2 aromatic rings. The number of nitriles is 1. The lowest BCUT2D eigenvalue weighted by Crippen LogP contribution is -1.94. The smallest absolute Gasteiger partial charge is 0.128 e. The molecule has 0 atom stereocenters. The second-order valence-electron chi connectivity index (χ2n) is 3.77. The summed E-state index contributed by atoms with van der Waals surface area (Å²) in [7, 11) is 1.57. The predicted octanol–water partition coefficient (Wildman–Crippen LogP) is 1.57. The third-order valence-corrected chi connectivity index (χ3v) is 2.65. The van der Waals surface area contributed by atoms with Crippen LogP contribution in [0.4, 0.5) is 0 Å². The average molecular weight is 243 g/mol. The van der Waals surface area contributed by atoms with Crippen molar-refractivity contribution in [3.05, 3.63) is 36.2 Å². The molecular formula is C13H13N3O2. The van der Waals surface area contributed by atoms with Gasteiger partial charge in [0.2, 0.25) is 0 Å². The van der Waals surface area contributed by atoms with Crippen LogP contribution in [0.5, 0.6) is 5.75 Å². The Bertz CT molecular complexity index is 584. The number of aliphatic hydroxyl groups is 1. The summed E-state index contributed by atoms with van der Waals surface area (Å²) in [4.78, 5) is 0. The highest BCUT2D eigenvalue weighted by Crippen LogP contribution is 2.26. The minimum Gasteiger partial charge on any atom is -0.496 e. The van der Waals surface area contributed by atoms with Crippen molar-refractivity contribution in [3.8, 4) is 22.9 Å². The Morgan fingerprint density at radius 3 is 2.94 bits per heavy atom. The third-order valence-electron chi connectivity index (χ3n) is 2.65. The summed E-state index contributed by atoms with van der Waals surface area (Å²) in [5.74, 6) is 0.658. The zero-order valence-corrected chi connectivity index (χ0v) is 10.00. The van der Waals surface area contributed by atoms with E-state index in [1.54, 1.807) is 24.2 Å². The van der Waals surface area contributed by atoms with Gasteiger partial charge >= 0.3 is 0 Å². The fraction of sp³-hybridized carbons (Fsp3) is 0.231. The van der Waals surface area contributed by atoms with E-state index in [-0.39, 0.29) is 13.2 Å². The highest BCUT2D eigenvalue weighted by atomic mass is 16.5. The maximum Gasteiger partial charge on any atom is 0.128 e. The van der Waals surface area contributed by atoms with Crippen LogP contribution in [0.2, 0.25) is 0 Å². The maximum atomic E-state index is 9.27. The number of aromatic nitrogens is 2. The Hall–Kier alpha value is -2.32. The monoisotopic (exact) mass is 243 g/mol. The van der Waals surface area contributed by atoms with E-state index in [4.69, 9.17) is 10.00 Å². The molecule has 0 amide bonds. The quantitative estimate of drug-likeness (QED) is 0.884. The van der Waals surface area contributed by atoms with Crippen molar-refractivity contribution in [3.63, 3.8) is 0 Å². The fourth-order valence-electron chi connectivity index (χ4n) is 1.75. The second-order valence-corrected chi connectivity index (χ2v) is 3.77. The molecule has 0 unspecified atom stereocenters. The highest BCUT2D eigenvalue weighted by molar-refractivity contribution is 5.64. The molecule has 0 saturated carbocycles. The lowest BCUT2D eigenvalue weighted by atomic mass is 10.1. The molecule has 0 aliphatic heterocycles. The van der Waals surface area contributed by atoms with Crippen LogP contribution in [-0.4, -0.2) is 22.0 Å². The molecule has 0 aliphatic carbocycles. The molecule has 2 rings (SSSR count). The zero-order valence-electron chi connectivity index (χ0n) is 10.00. The van der Waals surface area contributed by atoms with Gasteiger partial charge in [-0.2, -0.15) is 10.4 Å². The van der Waals surface area contributed by atoms with Gasteiger partial charge in [-0.3, -0.25) is 4.68 Å². The third kappa shape index (κ3) is 2.34. The Balaban J connectivity index is 2.35. The molecule has 1 aromatic heterocycles. The SMILES string of the molecule is COc1ccc(-c2cnn(CC#N)c2)cc1CO. The summed E-state index contributed by atoms with van der Waals surface area (Å²) in [6.45, 7) is 0.145. The highest BCUT2D eigenvalue weighted by Gasteiger charge is 2.06. The van der Waals surface area contributed by atoms with Gasteiger partial charge in [0, 0.05) is 17.3 Å². The van der Waals surface area contributed by atoms with Crippen LogP contribution in [0.25, 0.3) is 11.1 Å². The number of hydrogen-bond donors (Lipinski definition) is 1. The van der Waals surface area contributed by atoms with E-state index in [9.17, 15) is 5.11 Å². The summed E-state index contributed by atoms with van der Waals surface area (Å²) in [6, 6.07) is 7.59. The van der Waals surface area contributed by atoms with Gasteiger partial charge in [-0.05, 0) is 17.7 Å². The number of methoxy groups -OCH3 is 1. The van der Waals surface area contributed by atoms with Crippen molar-refractivity contribution in [2.24, 2.45) is 0 Å². The van der Waals surface area contributed by atoms with E-state index in [2.05, 4.69) is 5.10 Å². The largest absolute Gasteiger partial charge is 0.496 e. The maximum absolute atomic E-state index is 9.27. The number of benzene rings is 1. The molecular weight excluding hydrogens is 230 g/mol. The molecule has 1 heterocycles. The number of rotatable bonds is 4. The Labute approximate surface area is 105 Å². The molecule has 5 nitrogen and oxygen atoms in total. The van der Waals surface area contributed by atoms with Crippen LogP contribution in [0, 0.1) is 11.3 Å². The summed E-state index contributed by atoms with van der Waals surface area (Å²) < 4.78 is 6.71. The predicted molar refractivity (Wildman–Crippen MR) is 65.8 cm³/mol. The van der Waals surface area contributed by atoms with E-state index in [0.717, 1.165) is 16.7 Å². The molecule has 0 bridgehead atoms. The Kier molecular flexibility index (Phi) is 3.60. The zero-order chi connectivity index (χ0) is 13.0. The van der Waals surface area contributed by atoms with Gasteiger partial charge in [-0.25, -0.2) is 0 Å². The molecule has 1 N–H and O–H groups in total. The topological polar surface area (TPSA) is 71.1 Å². The average Bonchev–Trinajstić information content (AvgIpc) is 2.87. The van der Waals surface area contributed by atoms with Gasteiger partial charge in [0.15, 0.2) is 0 Å². The van der Waals surface area contributed by atoms with E-state index >= 15 is 0 Å². The van der Waals surface area contributed by atoms with Gasteiger partial charge in [0.25, 0.3) is 0 Å². The molecule has 0 aliphatic rings. The van der Waals surface area contributed by atoms with Crippen molar-refractivity contribution < 1.29 is 9.84 Å². The number of hydrogen-bond acceptors (Lipinski definition) is 4. The van der Waals surface area contributed by atoms with Crippen molar-refractivity contribution in [2.75, 3.05) is 7.11 Å². The lowest BCUT2D eigenvalue weighted by Gasteiger charge is -2.07. The van der Waals surface area contributed by atoms with Gasteiger partial charge < -0.3 is 9.84 Å². The van der Waals surface area contributed by atoms with E-state index in [1.807, 2.05) is 24.3 Å². The molecule has 0 fully saturated rings. The first-order valence-corrected chi connectivity index (χ1v) is 5.46. The summed E-state index contributed by atoms with van der Waals surface area (Å²) >= 11 is 0. The Morgan fingerprint density at radius 2 is 2.28 bits per heavy atom. The van der Waals surface area contributed by atoms with Crippen LogP contribution in [0.15, 0.2) is 30.6 Å². The fourth-order valence-corrected chi connectivity index (χ4v) is 1.75. The van der Waals surface area contributed by atoms with Crippen LogP contribution >= 0.6 is 0 Å². The Morgan fingerprint density at radius 1 is 1.44 bits per heavy atom. The van der Waals surface area contributed by atoms with Gasteiger partial charge in [0.1, 0.15) is 12.3 Å². The first kappa shape index (κ1) is 12.1. The summed E-state index contributed by atoms with van der Waals surface area (Å²) in [5.41, 5.74) is 2.56. The van der Waals surface area contributed by atoms with Gasteiger partial charge in [0.05, 0.1) is 26.0 Å². The van der Waals surface area contributed by atoms with Gasteiger partial charge in [-0.1, -0.05) is 6.07 Å². The van der Waals surface area contributed by atoms with Crippen molar-refractivity contribution in [2.45, 2.75) is 13.2 Å². The number of nitrogens with zero attached hydrogens (tertiary/aromatic N) is 3. The molecule has 18 heavy (non-hydrogen) atoms. The lowest BCUT2D eigenvalue weighted by molar-refractivity contribution is 0.274. The van der Waals surface area contributed by atoms with Crippen molar-refractivity contribution in [1.82, 2.24) is 9.78 Å². The molecule has 0 spiro atoms. The number of ether oxygens (including phenoxy) is 1. The van der Waals surface area contributed by atoms with Gasteiger partial charge in [-0.15, -0.1) is 0 Å². The summed E-state index contributed by atoms with van der Waals surface area (Å²) in [6.07, 6.45) is 3.49. The minimum absolute atomic E-state index is 0.0800. The van der Waals surface area contributed by atoms with Crippen molar-refractivity contribution in [1.29, 1.82) is 5.26 Å². The first-order chi connectivity index (χ1) is 8.78. The molecule has 92 valence electrons. The van der Waals surface area contributed by atoms with Crippen LogP contribution in [-0.2, 0) is 13.2 Å². The van der Waals surface area contributed by atoms with Crippen LogP contribution in [0.1, 0.15) is 5.56 Å². The molecule has 5 heteroatoms. The van der Waals surface area contributed by atoms with E-state index in [0.29, 0.717) is 5.75 Å². The number of aliphatic hydroxyl groups excluding tert-OH is 1. The second kappa shape index (κ2) is 5.34. The van der Waals surface area contributed by atoms with Crippen LogP contribution in [0.3, 0.4) is 0 Å². The minimum atomic E-state index is -0.0800. The standard InChI is InChI=1S/C13H13N3O2/c1-18-13-3-2-10(6-11(13)9-17)12-7-15-16(8-12)5-4-14/h2-3,6-8,17H,5,9H2,1H3. The van der Waals surface area contributed by atoms with Crippen molar-refractivity contribution >= 4 is 0 Å². The van der Waals surface area contributed by atoms with E-state index in [1.165, 1.54) is 0 Å². The summed E-state index contributed by atoms with van der Waals surface area (Å²) in [5, 5.41) is 21.9. The molecule has 0 radical (unpaired) electrons. The molecule has 1 aromatic carbocycles. The molecule has 0 saturated heterocycles. The van der Waals surface area contributed by atoms with E-state index < -0.39 is 0 Å². The first-order valence-electron chi connectivity index (χ1n) is 5.46. The normalized spacial score (nSPS) is 10.1.